The standard InChI is InChI=1S/C19H19F3N2O3S/c20-19(21,22)13-23-17(25)14-6-8-16(9-7-14)28(26,27)24-12-18(10-11-18)15-4-2-1-3-5-15/h1-9,24H,10-13H2,(H,23,25). The van der Waals surface area contributed by atoms with Crippen molar-refractivity contribution >= 4 is 15.9 Å². The summed E-state index contributed by atoms with van der Waals surface area (Å²) in [5, 5.41) is 1.74. The lowest BCUT2D eigenvalue weighted by molar-refractivity contribution is -0.123. The van der Waals surface area contributed by atoms with E-state index in [-0.39, 0.29) is 22.4 Å². The molecule has 150 valence electrons. The molecule has 1 aliphatic carbocycles. The van der Waals surface area contributed by atoms with Crippen molar-refractivity contribution in [1.82, 2.24) is 10.0 Å². The third-order valence-corrected chi connectivity index (χ3v) is 6.13. The van der Waals surface area contributed by atoms with Crippen LogP contribution in [0.15, 0.2) is 59.5 Å². The van der Waals surface area contributed by atoms with E-state index in [0.717, 1.165) is 18.4 Å². The van der Waals surface area contributed by atoms with Crippen LogP contribution in [0.2, 0.25) is 0 Å². The summed E-state index contributed by atoms with van der Waals surface area (Å²) in [4.78, 5) is 11.6. The summed E-state index contributed by atoms with van der Waals surface area (Å²) in [7, 11) is -3.80. The molecule has 0 aliphatic heterocycles. The van der Waals surface area contributed by atoms with E-state index in [4.69, 9.17) is 0 Å². The van der Waals surface area contributed by atoms with Crippen LogP contribution >= 0.6 is 0 Å². The summed E-state index contributed by atoms with van der Waals surface area (Å²) < 4.78 is 64.1. The van der Waals surface area contributed by atoms with Crippen LogP contribution in [0.1, 0.15) is 28.8 Å². The van der Waals surface area contributed by atoms with Crippen molar-refractivity contribution < 1.29 is 26.4 Å². The van der Waals surface area contributed by atoms with Crippen LogP contribution in [0.4, 0.5) is 13.2 Å². The molecule has 2 aromatic carbocycles. The molecule has 2 aromatic rings. The molecule has 0 bridgehead atoms. The monoisotopic (exact) mass is 412 g/mol. The molecule has 0 heterocycles. The molecule has 1 fully saturated rings. The number of rotatable bonds is 7. The SMILES string of the molecule is O=C(NCC(F)(F)F)c1ccc(S(=O)(=O)NCC2(c3ccccc3)CC2)cc1. The Bertz CT molecular complexity index is 939. The molecule has 28 heavy (non-hydrogen) atoms. The number of carbonyl (C=O) groups excluding carboxylic acids is 1. The van der Waals surface area contributed by atoms with Crippen molar-refractivity contribution in [3.8, 4) is 0 Å². The van der Waals surface area contributed by atoms with Gasteiger partial charge >= 0.3 is 6.18 Å². The van der Waals surface area contributed by atoms with Crippen LogP contribution in [-0.2, 0) is 15.4 Å². The van der Waals surface area contributed by atoms with Gasteiger partial charge in [-0.25, -0.2) is 13.1 Å². The number of hydrogen-bond acceptors (Lipinski definition) is 3. The second-order valence-electron chi connectivity index (χ2n) is 6.79. The molecule has 0 unspecified atom stereocenters. The number of alkyl halides is 3. The zero-order valence-corrected chi connectivity index (χ0v) is 15.6. The van der Waals surface area contributed by atoms with Crippen molar-refractivity contribution in [3.05, 3.63) is 65.7 Å². The maximum atomic E-state index is 12.5. The van der Waals surface area contributed by atoms with Crippen LogP contribution in [-0.4, -0.2) is 33.6 Å². The molecule has 9 heteroatoms. The molecular weight excluding hydrogens is 393 g/mol. The molecule has 1 aliphatic rings. The minimum Gasteiger partial charge on any atom is -0.343 e. The summed E-state index contributed by atoms with van der Waals surface area (Å²) in [6.07, 6.45) is -2.74. The highest BCUT2D eigenvalue weighted by Gasteiger charge is 2.44. The summed E-state index contributed by atoms with van der Waals surface area (Å²) >= 11 is 0. The molecule has 0 spiro atoms. The summed E-state index contributed by atoms with van der Waals surface area (Å²) in [5.41, 5.74) is 0.826. The summed E-state index contributed by atoms with van der Waals surface area (Å²) in [6, 6.07) is 14.4. The molecule has 5 nitrogen and oxygen atoms in total. The van der Waals surface area contributed by atoms with Gasteiger partial charge in [0.15, 0.2) is 0 Å². The largest absolute Gasteiger partial charge is 0.405 e. The van der Waals surface area contributed by atoms with Crippen molar-refractivity contribution in [2.24, 2.45) is 0 Å². The second-order valence-corrected chi connectivity index (χ2v) is 8.56. The van der Waals surface area contributed by atoms with Crippen LogP contribution in [0.3, 0.4) is 0 Å². The van der Waals surface area contributed by atoms with Gasteiger partial charge in [0.2, 0.25) is 10.0 Å². The van der Waals surface area contributed by atoms with Gasteiger partial charge in [-0.15, -0.1) is 0 Å². The van der Waals surface area contributed by atoms with E-state index in [0.29, 0.717) is 0 Å². The fourth-order valence-corrected chi connectivity index (χ4v) is 4.02. The highest BCUT2D eigenvalue weighted by Crippen LogP contribution is 2.47. The Balaban J connectivity index is 1.64. The molecule has 1 saturated carbocycles. The first-order valence-electron chi connectivity index (χ1n) is 8.62. The number of carbonyl (C=O) groups is 1. The lowest BCUT2D eigenvalue weighted by atomic mass is 9.96. The number of nitrogens with one attached hydrogen (secondary N) is 2. The molecule has 3 rings (SSSR count). The number of amides is 1. The van der Waals surface area contributed by atoms with Gasteiger partial charge in [-0.05, 0) is 42.7 Å². The Morgan fingerprint density at radius 1 is 1.00 bits per heavy atom. The molecule has 0 saturated heterocycles. The van der Waals surface area contributed by atoms with Gasteiger partial charge in [0.1, 0.15) is 6.54 Å². The highest BCUT2D eigenvalue weighted by atomic mass is 32.2. The van der Waals surface area contributed by atoms with Crippen LogP contribution in [0.5, 0.6) is 0 Å². The smallest absolute Gasteiger partial charge is 0.343 e. The van der Waals surface area contributed by atoms with Gasteiger partial charge in [0.05, 0.1) is 4.90 Å². The average molecular weight is 412 g/mol. The Morgan fingerprint density at radius 3 is 2.14 bits per heavy atom. The molecule has 0 aromatic heterocycles. The summed E-state index contributed by atoms with van der Waals surface area (Å²) in [6.45, 7) is -1.19. The maximum Gasteiger partial charge on any atom is 0.405 e. The molecule has 0 atom stereocenters. The van der Waals surface area contributed by atoms with E-state index in [1.807, 2.05) is 30.3 Å². The first-order chi connectivity index (χ1) is 13.1. The normalized spacial score (nSPS) is 15.8. The lowest BCUT2D eigenvalue weighted by Crippen LogP contribution is -2.34. The van der Waals surface area contributed by atoms with Gasteiger partial charge in [0, 0.05) is 17.5 Å². The first kappa shape index (κ1) is 20.3. The quantitative estimate of drug-likeness (QED) is 0.734. The van der Waals surface area contributed by atoms with E-state index in [1.165, 1.54) is 24.3 Å². The predicted molar refractivity (Wildman–Crippen MR) is 97.4 cm³/mol. The van der Waals surface area contributed by atoms with Crippen molar-refractivity contribution in [3.63, 3.8) is 0 Å². The molecular formula is C19H19F3N2O3S. The Kier molecular flexibility index (Phi) is 5.49. The Labute approximate surface area is 161 Å². The molecule has 2 N–H and O–H groups in total. The second kappa shape index (κ2) is 7.56. The average Bonchev–Trinajstić information content (AvgIpc) is 3.46. The first-order valence-corrected chi connectivity index (χ1v) is 10.1. The molecule has 1 amide bonds. The highest BCUT2D eigenvalue weighted by molar-refractivity contribution is 7.89. The van der Waals surface area contributed by atoms with Crippen molar-refractivity contribution in [2.75, 3.05) is 13.1 Å². The van der Waals surface area contributed by atoms with E-state index in [9.17, 15) is 26.4 Å². The minimum atomic E-state index is -4.51. The zero-order valence-electron chi connectivity index (χ0n) is 14.8. The number of halogens is 3. The van der Waals surface area contributed by atoms with Crippen LogP contribution in [0, 0.1) is 0 Å². The fourth-order valence-electron chi connectivity index (χ4n) is 2.89. The zero-order chi connectivity index (χ0) is 20.4. The number of sulfonamides is 1. The minimum absolute atomic E-state index is 0.0499. The third-order valence-electron chi connectivity index (χ3n) is 4.72. The maximum absolute atomic E-state index is 12.5. The van der Waals surface area contributed by atoms with Crippen molar-refractivity contribution in [2.45, 2.75) is 29.3 Å². The van der Waals surface area contributed by atoms with E-state index in [2.05, 4.69) is 4.72 Å². The van der Waals surface area contributed by atoms with Gasteiger partial charge < -0.3 is 5.32 Å². The topological polar surface area (TPSA) is 75.3 Å². The van der Waals surface area contributed by atoms with E-state index >= 15 is 0 Å². The van der Waals surface area contributed by atoms with Crippen molar-refractivity contribution in [1.29, 1.82) is 0 Å². The summed E-state index contributed by atoms with van der Waals surface area (Å²) in [5.74, 6) is -0.921. The van der Waals surface area contributed by atoms with Gasteiger partial charge in [0.25, 0.3) is 5.91 Å². The lowest BCUT2D eigenvalue weighted by Gasteiger charge is -2.17. The third kappa shape index (κ3) is 4.90. The predicted octanol–water partition coefficient (Wildman–Crippen LogP) is 2.99. The fraction of sp³-hybridized carbons (Fsp3) is 0.316. The Hall–Kier alpha value is -2.39. The Morgan fingerprint density at radius 2 is 1.61 bits per heavy atom. The van der Waals surface area contributed by atoms with Gasteiger partial charge in [-0.2, -0.15) is 13.2 Å². The number of hydrogen-bond donors (Lipinski definition) is 2. The van der Waals surface area contributed by atoms with E-state index in [1.54, 1.807) is 5.32 Å². The van der Waals surface area contributed by atoms with Gasteiger partial charge in [-0.3, -0.25) is 4.79 Å². The van der Waals surface area contributed by atoms with Crippen LogP contribution in [0.25, 0.3) is 0 Å². The number of benzene rings is 2. The van der Waals surface area contributed by atoms with E-state index < -0.39 is 28.7 Å². The van der Waals surface area contributed by atoms with Crippen LogP contribution < -0.4 is 10.0 Å². The van der Waals surface area contributed by atoms with Gasteiger partial charge in [-0.1, -0.05) is 30.3 Å². The molecule has 0 radical (unpaired) electrons.